The maximum atomic E-state index is 10.3. The first-order valence-electron chi connectivity index (χ1n) is 5.65. The molecule has 0 spiro atoms. The molecule has 0 atom stereocenters. The molecule has 0 bridgehead atoms. The van der Waals surface area contributed by atoms with Gasteiger partial charge in [0.05, 0.1) is 6.61 Å². The number of ether oxygens (including phenoxy) is 2. The van der Waals surface area contributed by atoms with E-state index in [1.807, 2.05) is 0 Å². The summed E-state index contributed by atoms with van der Waals surface area (Å²) in [5, 5.41) is 16.4. The number of rotatable bonds is 6. The molecular weight excluding hydrogens is 236 g/mol. The third-order valence-electron chi connectivity index (χ3n) is 1.60. The van der Waals surface area contributed by atoms with Crippen LogP contribution in [0.4, 0.5) is 0 Å². The Labute approximate surface area is 107 Å². The molecule has 102 valence electrons. The van der Waals surface area contributed by atoms with E-state index in [0.717, 1.165) is 6.29 Å². The van der Waals surface area contributed by atoms with Gasteiger partial charge >= 0.3 is 0 Å². The first kappa shape index (κ1) is 16.6. The third-order valence-corrected chi connectivity index (χ3v) is 1.60. The van der Waals surface area contributed by atoms with Gasteiger partial charge in [0.25, 0.3) is 0 Å². The summed E-state index contributed by atoms with van der Waals surface area (Å²) in [4.78, 5) is 10.3. The molecule has 0 amide bonds. The molecule has 0 radical (unpaired) electrons. The third kappa shape index (κ3) is 9.77. The zero-order chi connectivity index (χ0) is 13.8. The molecule has 5 nitrogen and oxygen atoms in total. The van der Waals surface area contributed by atoms with E-state index >= 15 is 0 Å². The quantitative estimate of drug-likeness (QED) is 0.455. The summed E-state index contributed by atoms with van der Waals surface area (Å²) < 4.78 is 9.93. The van der Waals surface area contributed by atoms with Gasteiger partial charge in [-0.2, -0.15) is 0 Å². The normalized spacial score (nSPS) is 9.61. The molecular formula is C13H20O5. The minimum atomic E-state index is -0.298. The second-order valence-corrected chi connectivity index (χ2v) is 3.67. The lowest BCUT2D eigenvalue weighted by molar-refractivity contribution is -0.0126. The Morgan fingerprint density at radius 2 is 1.78 bits per heavy atom. The summed E-state index contributed by atoms with van der Waals surface area (Å²) in [6, 6.07) is 6.77. The molecule has 0 aliphatic rings. The molecule has 0 unspecified atom stereocenters. The van der Waals surface area contributed by atoms with Crippen molar-refractivity contribution in [2.24, 2.45) is 0 Å². The van der Waals surface area contributed by atoms with Crippen LogP contribution in [0.3, 0.4) is 0 Å². The largest absolute Gasteiger partial charge is 0.491 e. The SMILES string of the molecule is CC(C)O.O=Cc1ccc(OCCOCO)cc1. The highest BCUT2D eigenvalue weighted by Gasteiger charge is 1.94. The van der Waals surface area contributed by atoms with Crippen LogP contribution in [0.15, 0.2) is 24.3 Å². The van der Waals surface area contributed by atoms with E-state index in [-0.39, 0.29) is 12.9 Å². The van der Waals surface area contributed by atoms with Gasteiger partial charge in [-0.3, -0.25) is 4.79 Å². The molecule has 18 heavy (non-hydrogen) atoms. The van der Waals surface area contributed by atoms with Gasteiger partial charge in [0, 0.05) is 11.7 Å². The van der Waals surface area contributed by atoms with Crippen LogP contribution in [0.5, 0.6) is 5.75 Å². The highest BCUT2D eigenvalue weighted by molar-refractivity contribution is 5.74. The van der Waals surface area contributed by atoms with Crippen LogP contribution in [0.1, 0.15) is 24.2 Å². The smallest absolute Gasteiger partial charge is 0.150 e. The average Bonchev–Trinajstić information content (AvgIpc) is 2.35. The molecule has 0 fully saturated rings. The van der Waals surface area contributed by atoms with Gasteiger partial charge in [-0.25, -0.2) is 0 Å². The van der Waals surface area contributed by atoms with Crippen molar-refractivity contribution in [2.75, 3.05) is 20.0 Å². The van der Waals surface area contributed by atoms with Gasteiger partial charge in [-0.05, 0) is 38.1 Å². The lowest BCUT2D eigenvalue weighted by Crippen LogP contribution is -2.06. The minimum Gasteiger partial charge on any atom is -0.491 e. The molecule has 1 rings (SSSR count). The topological polar surface area (TPSA) is 76.0 Å². The van der Waals surface area contributed by atoms with Crippen LogP contribution in [0.2, 0.25) is 0 Å². The van der Waals surface area contributed by atoms with Crippen LogP contribution in [-0.2, 0) is 4.74 Å². The standard InChI is InChI=1S/C10H12O4.C3H8O/c11-7-9-1-3-10(4-2-9)14-6-5-13-8-12;1-3(2)4/h1-4,7,12H,5-6,8H2;3-4H,1-2H3. The van der Waals surface area contributed by atoms with Crippen molar-refractivity contribution in [1.29, 1.82) is 0 Å². The van der Waals surface area contributed by atoms with Gasteiger partial charge in [0.1, 0.15) is 25.4 Å². The number of hydrogen-bond acceptors (Lipinski definition) is 5. The summed E-state index contributed by atoms with van der Waals surface area (Å²) in [6.45, 7) is 3.86. The van der Waals surface area contributed by atoms with Crippen molar-refractivity contribution >= 4 is 6.29 Å². The molecule has 0 heterocycles. The Balaban J connectivity index is 0.000000631. The lowest BCUT2D eigenvalue weighted by Gasteiger charge is -2.05. The Morgan fingerprint density at radius 3 is 2.22 bits per heavy atom. The van der Waals surface area contributed by atoms with E-state index in [1.54, 1.807) is 38.1 Å². The van der Waals surface area contributed by atoms with Crippen LogP contribution in [-0.4, -0.2) is 42.6 Å². The zero-order valence-electron chi connectivity index (χ0n) is 10.7. The van der Waals surface area contributed by atoms with Crippen molar-refractivity contribution < 1.29 is 24.5 Å². The fourth-order valence-corrected chi connectivity index (χ4v) is 0.926. The predicted molar refractivity (Wildman–Crippen MR) is 67.7 cm³/mol. The van der Waals surface area contributed by atoms with Crippen LogP contribution in [0.25, 0.3) is 0 Å². The number of carbonyl (C=O) groups is 1. The Hall–Kier alpha value is -1.43. The van der Waals surface area contributed by atoms with Crippen molar-refractivity contribution in [1.82, 2.24) is 0 Å². The van der Waals surface area contributed by atoms with Crippen molar-refractivity contribution in [2.45, 2.75) is 20.0 Å². The summed E-state index contributed by atoms with van der Waals surface area (Å²) in [6.07, 6.45) is 0.610. The lowest BCUT2D eigenvalue weighted by atomic mass is 10.2. The number of hydrogen-bond donors (Lipinski definition) is 2. The highest BCUT2D eigenvalue weighted by Crippen LogP contribution is 2.10. The maximum absolute atomic E-state index is 10.3. The van der Waals surface area contributed by atoms with Crippen molar-refractivity contribution in [3.63, 3.8) is 0 Å². The minimum absolute atomic E-state index is 0.167. The van der Waals surface area contributed by atoms with Crippen LogP contribution >= 0.6 is 0 Å². The number of benzene rings is 1. The van der Waals surface area contributed by atoms with Gasteiger partial charge in [0.2, 0.25) is 0 Å². The number of carbonyl (C=O) groups excluding carboxylic acids is 1. The fraction of sp³-hybridized carbons (Fsp3) is 0.462. The molecule has 0 saturated carbocycles. The monoisotopic (exact) mass is 256 g/mol. The molecule has 0 aromatic heterocycles. The first-order chi connectivity index (χ1) is 8.60. The molecule has 0 saturated heterocycles. The molecule has 0 aliphatic heterocycles. The summed E-state index contributed by atoms with van der Waals surface area (Å²) in [5.74, 6) is 0.678. The van der Waals surface area contributed by atoms with Gasteiger partial charge in [0.15, 0.2) is 0 Å². The Bertz CT molecular complexity index is 305. The van der Waals surface area contributed by atoms with Gasteiger partial charge < -0.3 is 19.7 Å². The van der Waals surface area contributed by atoms with E-state index < -0.39 is 0 Å². The molecule has 1 aromatic carbocycles. The number of aliphatic hydroxyl groups is 2. The second-order valence-electron chi connectivity index (χ2n) is 3.67. The second kappa shape index (κ2) is 10.7. The van der Waals surface area contributed by atoms with Crippen molar-refractivity contribution in [3.8, 4) is 5.75 Å². The number of aliphatic hydroxyl groups excluding tert-OH is 2. The Morgan fingerprint density at radius 1 is 1.22 bits per heavy atom. The van der Waals surface area contributed by atoms with Crippen LogP contribution in [0, 0.1) is 0 Å². The van der Waals surface area contributed by atoms with Gasteiger partial charge in [-0.1, -0.05) is 0 Å². The highest BCUT2D eigenvalue weighted by atomic mass is 16.6. The predicted octanol–water partition coefficient (Wildman–Crippen LogP) is 1.23. The summed E-state index contributed by atoms with van der Waals surface area (Å²) in [7, 11) is 0. The van der Waals surface area contributed by atoms with E-state index in [0.29, 0.717) is 24.5 Å². The molecule has 5 heteroatoms. The first-order valence-corrected chi connectivity index (χ1v) is 5.65. The Kier molecular flexibility index (Phi) is 9.86. The van der Waals surface area contributed by atoms with E-state index in [1.165, 1.54) is 0 Å². The van der Waals surface area contributed by atoms with Crippen molar-refractivity contribution in [3.05, 3.63) is 29.8 Å². The maximum Gasteiger partial charge on any atom is 0.150 e. The molecule has 0 aliphatic carbocycles. The fourth-order valence-electron chi connectivity index (χ4n) is 0.926. The van der Waals surface area contributed by atoms with E-state index in [2.05, 4.69) is 4.74 Å². The summed E-state index contributed by atoms with van der Waals surface area (Å²) >= 11 is 0. The van der Waals surface area contributed by atoms with Crippen LogP contribution < -0.4 is 4.74 Å². The average molecular weight is 256 g/mol. The molecule has 1 aromatic rings. The van der Waals surface area contributed by atoms with Gasteiger partial charge in [-0.15, -0.1) is 0 Å². The molecule has 2 N–H and O–H groups in total. The van der Waals surface area contributed by atoms with E-state index in [4.69, 9.17) is 14.9 Å². The number of aldehydes is 1. The van der Waals surface area contributed by atoms with E-state index in [9.17, 15) is 4.79 Å². The zero-order valence-corrected chi connectivity index (χ0v) is 10.7. The summed E-state index contributed by atoms with van der Waals surface area (Å²) in [5.41, 5.74) is 0.615.